The summed E-state index contributed by atoms with van der Waals surface area (Å²) in [5, 5.41) is 5.89. The molecule has 0 unspecified atom stereocenters. The Kier molecular flexibility index (Phi) is 4.06. The molecule has 0 saturated carbocycles. The predicted molar refractivity (Wildman–Crippen MR) is 71.1 cm³/mol. The van der Waals surface area contributed by atoms with Gasteiger partial charge in [0.25, 0.3) is 0 Å². The quantitative estimate of drug-likeness (QED) is 0.840. The predicted octanol–water partition coefficient (Wildman–Crippen LogP) is 2.62. The van der Waals surface area contributed by atoms with Gasteiger partial charge >= 0.3 is 0 Å². The minimum Gasteiger partial charge on any atom is -0.352 e. The van der Waals surface area contributed by atoms with Gasteiger partial charge < -0.3 is 10.6 Å². The number of halogens is 2. The number of hydrogen-bond acceptors (Lipinski definition) is 6. The maximum atomic E-state index is 13.0. The van der Waals surface area contributed by atoms with Gasteiger partial charge in [-0.25, -0.2) is 4.98 Å². The molecule has 0 aliphatic carbocycles. The minimum atomic E-state index is -0.592. The van der Waals surface area contributed by atoms with Gasteiger partial charge in [0.15, 0.2) is 0 Å². The van der Waals surface area contributed by atoms with Crippen molar-refractivity contribution >= 4 is 29.2 Å². The average Bonchev–Trinajstić information content (AvgIpc) is 2.26. The van der Waals surface area contributed by atoms with Crippen LogP contribution in [0.4, 0.5) is 22.0 Å². The van der Waals surface area contributed by atoms with E-state index in [1.54, 1.807) is 6.07 Å². The van der Waals surface area contributed by atoms with Crippen LogP contribution in [0.15, 0.2) is 18.3 Å². The van der Waals surface area contributed by atoms with Gasteiger partial charge in [-0.05, 0) is 31.5 Å². The Morgan fingerprint density at radius 1 is 1.21 bits per heavy atom. The number of nitrogens with zero attached hydrogens (tertiary/aromatic N) is 4. The van der Waals surface area contributed by atoms with Crippen LogP contribution in [0.3, 0.4) is 0 Å². The van der Waals surface area contributed by atoms with Crippen molar-refractivity contribution in [2.75, 3.05) is 10.6 Å². The SMILES string of the molecule is CC(C)Nc1nc(Cl)nc(Nc2ccnc(F)c2)n1. The van der Waals surface area contributed by atoms with Gasteiger partial charge in [0.05, 0.1) is 0 Å². The molecule has 0 fully saturated rings. The lowest BCUT2D eigenvalue weighted by molar-refractivity contribution is 0.584. The second-order valence-electron chi connectivity index (χ2n) is 4.04. The van der Waals surface area contributed by atoms with E-state index in [0.717, 1.165) is 0 Å². The molecule has 2 N–H and O–H groups in total. The molecule has 6 nitrogen and oxygen atoms in total. The van der Waals surface area contributed by atoms with Crippen LogP contribution in [-0.2, 0) is 0 Å². The maximum Gasteiger partial charge on any atom is 0.233 e. The first kappa shape index (κ1) is 13.4. The van der Waals surface area contributed by atoms with Gasteiger partial charge in [0.1, 0.15) is 0 Å². The lowest BCUT2D eigenvalue weighted by Gasteiger charge is -2.10. The lowest BCUT2D eigenvalue weighted by atomic mass is 10.4. The average molecular weight is 283 g/mol. The Balaban J connectivity index is 2.22. The molecule has 0 radical (unpaired) electrons. The zero-order chi connectivity index (χ0) is 13.8. The molecule has 0 bridgehead atoms. The van der Waals surface area contributed by atoms with Gasteiger partial charge in [-0.3, -0.25) is 0 Å². The van der Waals surface area contributed by atoms with E-state index in [1.807, 2.05) is 13.8 Å². The molecule has 0 aliphatic heterocycles. The highest BCUT2D eigenvalue weighted by atomic mass is 35.5. The van der Waals surface area contributed by atoms with Gasteiger partial charge in [-0.15, -0.1) is 0 Å². The third-order valence-corrected chi connectivity index (χ3v) is 2.18. The molecule has 0 aliphatic rings. The Morgan fingerprint density at radius 2 is 1.95 bits per heavy atom. The maximum absolute atomic E-state index is 13.0. The van der Waals surface area contributed by atoms with Gasteiger partial charge in [0, 0.05) is 24.0 Å². The molecule has 0 saturated heterocycles. The topological polar surface area (TPSA) is 75.6 Å². The number of rotatable bonds is 4. The van der Waals surface area contributed by atoms with E-state index in [9.17, 15) is 4.39 Å². The molecule has 2 aromatic heterocycles. The summed E-state index contributed by atoms with van der Waals surface area (Å²) in [5.41, 5.74) is 0.477. The molecule has 0 aromatic carbocycles. The molecule has 0 atom stereocenters. The molecule has 100 valence electrons. The fraction of sp³-hybridized carbons (Fsp3) is 0.273. The number of pyridine rings is 1. The van der Waals surface area contributed by atoms with E-state index in [1.165, 1.54) is 12.3 Å². The van der Waals surface area contributed by atoms with E-state index in [0.29, 0.717) is 11.6 Å². The number of anilines is 3. The van der Waals surface area contributed by atoms with Crippen LogP contribution in [0.1, 0.15) is 13.8 Å². The number of aromatic nitrogens is 4. The van der Waals surface area contributed by atoms with Crippen molar-refractivity contribution in [1.29, 1.82) is 0 Å². The second kappa shape index (κ2) is 5.75. The first-order chi connectivity index (χ1) is 9.02. The number of nitrogens with one attached hydrogen (secondary N) is 2. The van der Waals surface area contributed by atoms with E-state index in [4.69, 9.17) is 11.6 Å². The summed E-state index contributed by atoms with van der Waals surface area (Å²) in [6.45, 7) is 3.89. The summed E-state index contributed by atoms with van der Waals surface area (Å²) in [7, 11) is 0. The van der Waals surface area contributed by atoms with Crippen LogP contribution in [0.25, 0.3) is 0 Å². The third-order valence-electron chi connectivity index (χ3n) is 2.01. The van der Waals surface area contributed by atoms with E-state index >= 15 is 0 Å². The highest BCUT2D eigenvalue weighted by Gasteiger charge is 2.06. The van der Waals surface area contributed by atoms with Crippen LogP contribution in [-0.4, -0.2) is 26.0 Å². The zero-order valence-electron chi connectivity index (χ0n) is 10.4. The molecular weight excluding hydrogens is 271 g/mol. The first-order valence-electron chi connectivity index (χ1n) is 5.59. The summed E-state index contributed by atoms with van der Waals surface area (Å²) < 4.78 is 13.0. The number of hydrogen-bond donors (Lipinski definition) is 2. The molecule has 8 heteroatoms. The van der Waals surface area contributed by atoms with Crippen LogP contribution in [0.2, 0.25) is 5.28 Å². The summed E-state index contributed by atoms with van der Waals surface area (Å²) in [4.78, 5) is 15.4. The molecule has 0 amide bonds. The van der Waals surface area contributed by atoms with Crippen LogP contribution in [0.5, 0.6) is 0 Å². The van der Waals surface area contributed by atoms with Crippen molar-refractivity contribution in [1.82, 2.24) is 19.9 Å². The highest BCUT2D eigenvalue weighted by molar-refractivity contribution is 6.28. The normalized spacial score (nSPS) is 10.6. The van der Waals surface area contributed by atoms with Crippen molar-refractivity contribution in [2.45, 2.75) is 19.9 Å². The van der Waals surface area contributed by atoms with Crippen LogP contribution >= 0.6 is 11.6 Å². The van der Waals surface area contributed by atoms with E-state index < -0.39 is 5.95 Å². The Morgan fingerprint density at radius 3 is 2.63 bits per heavy atom. The van der Waals surface area contributed by atoms with E-state index in [-0.39, 0.29) is 17.3 Å². The fourth-order valence-corrected chi connectivity index (χ4v) is 1.50. The fourth-order valence-electron chi connectivity index (χ4n) is 1.34. The summed E-state index contributed by atoms with van der Waals surface area (Å²) in [5.74, 6) is -0.00791. The molecular formula is C11H12ClFN6. The van der Waals surface area contributed by atoms with Crippen molar-refractivity contribution < 1.29 is 4.39 Å². The first-order valence-corrected chi connectivity index (χ1v) is 5.97. The van der Waals surface area contributed by atoms with Crippen molar-refractivity contribution in [3.8, 4) is 0 Å². The lowest BCUT2D eigenvalue weighted by Crippen LogP contribution is -2.14. The highest BCUT2D eigenvalue weighted by Crippen LogP contribution is 2.16. The minimum absolute atomic E-state index is 0.0511. The monoisotopic (exact) mass is 282 g/mol. The van der Waals surface area contributed by atoms with Gasteiger partial charge in [-0.2, -0.15) is 19.3 Å². The van der Waals surface area contributed by atoms with Crippen LogP contribution < -0.4 is 10.6 Å². The summed E-state index contributed by atoms with van der Waals surface area (Å²) in [6.07, 6.45) is 1.34. The molecule has 0 spiro atoms. The van der Waals surface area contributed by atoms with E-state index in [2.05, 4.69) is 30.6 Å². The van der Waals surface area contributed by atoms with Gasteiger partial charge in [0.2, 0.25) is 23.1 Å². The summed E-state index contributed by atoms with van der Waals surface area (Å²) >= 11 is 5.80. The Bertz CT molecular complexity index is 577. The second-order valence-corrected chi connectivity index (χ2v) is 4.38. The largest absolute Gasteiger partial charge is 0.352 e. The third kappa shape index (κ3) is 3.99. The smallest absolute Gasteiger partial charge is 0.233 e. The van der Waals surface area contributed by atoms with Crippen molar-refractivity contribution in [3.63, 3.8) is 0 Å². The Hall–Kier alpha value is -2.02. The van der Waals surface area contributed by atoms with Crippen LogP contribution in [0, 0.1) is 5.95 Å². The van der Waals surface area contributed by atoms with Crippen molar-refractivity contribution in [2.24, 2.45) is 0 Å². The standard InChI is InChI=1S/C11H12ClFN6/c1-6(2)15-10-17-9(12)18-11(19-10)16-7-3-4-14-8(13)5-7/h3-6H,1-2H3,(H2,14,15,16,17,18,19). The molecule has 2 heterocycles. The van der Waals surface area contributed by atoms with Gasteiger partial charge in [-0.1, -0.05) is 0 Å². The molecule has 2 rings (SSSR count). The van der Waals surface area contributed by atoms with Crippen molar-refractivity contribution in [3.05, 3.63) is 29.6 Å². The Labute approximate surface area is 114 Å². The zero-order valence-corrected chi connectivity index (χ0v) is 11.1. The molecule has 2 aromatic rings. The summed E-state index contributed by atoms with van der Waals surface area (Å²) in [6, 6.07) is 2.98. The molecule has 19 heavy (non-hydrogen) atoms.